The minimum atomic E-state index is -4.82. The first-order chi connectivity index (χ1) is 12.2. The molecule has 0 atom stereocenters. The van der Waals surface area contributed by atoms with Crippen molar-refractivity contribution < 1.29 is 21.6 Å². The van der Waals surface area contributed by atoms with Crippen LogP contribution in [0.15, 0.2) is 35.2 Å². The highest BCUT2D eigenvalue weighted by molar-refractivity contribution is 7.89. The predicted octanol–water partition coefficient (Wildman–Crippen LogP) is 3.60. The van der Waals surface area contributed by atoms with Crippen LogP contribution in [-0.4, -0.2) is 19.4 Å². The second kappa shape index (κ2) is 6.78. The molecule has 0 saturated heterocycles. The van der Waals surface area contributed by atoms with Crippen LogP contribution in [0.1, 0.15) is 30.5 Å². The molecule has 0 amide bonds. The van der Waals surface area contributed by atoms with Gasteiger partial charge >= 0.3 is 6.18 Å². The average Bonchev–Trinajstić information content (AvgIpc) is 2.99. The van der Waals surface area contributed by atoms with E-state index < -0.39 is 26.7 Å². The third-order valence-corrected chi connectivity index (χ3v) is 5.91. The lowest BCUT2D eigenvalue weighted by Gasteiger charge is -2.26. The average molecular weight is 383 g/mol. The summed E-state index contributed by atoms with van der Waals surface area (Å²) in [5.41, 5.74) is -0.0570. The molecule has 1 aliphatic carbocycles. The maximum atomic E-state index is 13.5. The smallest absolute Gasteiger partial charge is 0.358 e. The molecule has 1 aromatic carbocycles. The number of nitriles is 1. The highest BCUT2D eigenvalue weighted by Crippen LogP contribution is 2.37. The summed E-state index contributed by atoms with van der Waals surface area (Å²) in [7, 11) is -4.26. The van der Waals surface area contributed by atoms with Gasteiger partial charge < -0.3 is 4.98 Å². The largest absolute Gasteiger partial charge is 0.417 e. The van der Waals surface area contributed by atoms with Gasteiger partial charge in [-0.1, -0.05) is 12.5 Å². The van der Waals surface area contributed by atoms with Crippen LogP contribution >= 0.6 is 0 Å². The number of aromatic nitrogens is 1. The van der Waals surface area contributed by atoms with E-state index in [2.05, 4.69) is 9.71 Å². The molecule has 5 nitrogen and oxygen atoms in total. The number of aromatic amines is 1. The van der Waals surface area contributed by atoms with Crippen molar-refractivity contribution >= 4 is 10.0 Å². The van der Waals surface area contributed by atoms with E-state index >= 15 is 0 Å². The molecule has 0 radical (unpaired) electrons. The molecule has 0 spiro atoms. The summed E-state index contributed by atoms with van der Waals surface area (Å²) in [5, 5.41) is 8.68. The van der Waals surface area contributed by atoms with E-state index in [0.29, 0.717) is 24.2 Å². The summed E-state index contributed by atoms with van der Waals surface area (Å²) in [6.45, 7) is 0. The minimum Gasteiger partial charge on any atom is -0.358 e. The summed E-state index contributed by atoms with van der Waals surface area (Å²) in [6, 6.07) is 7.92. The Hall–Kier alpha value is -2.31. The molecule has 1 heterocycles. The third-order valence-electron chi connectivity index (χ3n) is 4.33. The van der Waals surface area contributed by atoms with Crippen LogP contribution in [0.2, 0.25) is 0 Å². The summed E-state index contributed by atoms with van der Waals surface area (Å²) >= 11 is 0. The highest BCUT2D eigenvalue weighted by Gasteiger charge is 2.38. The zero-order chi connectivity index (χ0) is 18.9. The Bertz CT molecular complexity index is 954. The van der Waals surface area contributed by atoms with E-state index in [1.807, 2.05) is 6.07 Å². The van der Waals surface area contributed by atoms with E-state index in [1.165, 1.54) is 6.07 Å². The van der Waals surface area contributed by atoms with Crippen molar-refractivity contribution in [3.8, 4) is 17.3 Å². The lowest BCUT2D eigenvalue weighted by atomic mass is 9.94. The fourth-order valence-electron chi connectivity index (χ4n) is 2.76. The molecule has 2 aromatic rings. The number of nitrogens with zero attached hydrogens (tertiary/aromatic N) is 1. The van der Waals surface area contributed by atoms with Crippen molar-refractivity contribution in [3.63, 3.8) is 0 Å². The topological polar surface area (TPSA) is 85.8 Å². The van der Waals surface area contributed by atoms with Crippen LogP contribution in [0, 0.1) is 11.3 Å². The summed E-state index contributed by atoms with van der Waals surface area (Å²) in [4.78, 5) is 2.09. The fraction of sp³-hybridized carbons (Fsp3) is 0.353. The van der Waals surface area contributed by atoms with Crippen molar-refractivity contribution in [2.45, 2.75) is 42.8 Å². The van der Waals surface area contributed by atoms with Crippen LogP contribution in [0.25, 0.3) is 11.3 Å². The monoisotopic (exact) mass is 383 g/mol. The summed E-state index contributed by atoms with van der Waals surface area (Å²) in [5.74, 6) is 0. The Labute approximate surface area is 148 Å². The quantitative estimate of drug-likeness (QED) is 0.827. The van der Waals surface area contributed by atoms with E-state index in [9.17, 15) is 21.6 Å². The number of benzene rings is 1. The normalized spacial score (nSPS) is 15.5. The first kappa shape index (κ1) is 18.5. The number of hydrogen-bond acceptors (Lipinski definition) is 3. The van der Waals surface area contributed by atoms with Gasteiger partial charge in [0.2, 0.25) is 10.0 Å². The SMILES string of the molecule is N#CCc1ccc(-c2ccc(S(=O)(=O)NC3CCC3)c(C(F)(F)F)c2)[nH]1. The molecule has 1 saturated carbocycles. The van der Waals surface area contributed by atoms with Crippen molar-refractivity contribution in [3.05, 3.63) is 41.6 Å². The van der Waals surface area contributed by atoms with Gasteiger partial charge in [-0.3, -0.25) is 0 Å². The summed E-state index contributed by atoms with van der Waals surface area (Å²) < 4.78 is 67.6. The molecule has 1 aromatic heterocycles. The molecule has 0 unspecified atom stereocenters. The van der Waals surface area contributed by atoms with Crippen molar-refractivity contribution in [1.82, 2.24) is 9.71 Å². The standard InChI is InChI=1S/C17H16F3N3O2S/c18-17(19,20)14-10-11(15-6-5-12(22-15)8-9-21)4-7-16(14)26(24,25)23-13-2-1-3-13/h4-7,10,13,22-23H,1-3,8H2. The van der Waals surface area contributed by atoms with Gasteiger partial charge in [0.15, 0.2) is 0 Å². The van der Waals surface area contributed by atoms with Crippen LogP contribution in [0.3, 0.4) is 0 Å². The van der Waals surface area contributed by atoms with Gasteiger partial charge in [0, 0.05) is 17.4 Å². The molecule has 138 valence electrons. The number of H-pyrrole nitrogens is 1. The predicted molar refractivity (Wildman–Crippen MR) is 88.5 cm³/mol. The Morgan fingerprint density at radius 1 is 1.23 bits per heavy atom. The Morgan fingerprint density at radius 3 is 2.54 bits per heavy atom. The van der Waals surface area contributed by atoms with Crippen molar-refractivity contribution in [1.29, 1.82) is 5.26 Å². The maximum absolute atomic E-state index is 13.5. The molecule has 9 heteroatoms. The van der Waals surface area contributed by atoms with E-state index in [0.717, 1.165) is 18.6 Å². The van der Waals surface area contributed by atoms with Crippen LogP contribution in [-0.2, 0) is 22.6 Å². The minimum absolute atomic E-state index is 0.101. The molecule has 26 heavy (non-hydrogen) atoms. The second-order valence-electron chi connectivity index (χ2n) is 6.19. The molecule has 1 aliphatic rings. The summed E-state index contributed by atoms with van der Waals surface area (Å²) in [6.07, 6.45) is -2.60. The first-order valence-electron chi connectivity index (χ1n) is 7.99. The van der Waals surface area contributed by atoms with Gasteiger partial charge in [0.1, 0.15) is 0 Å². The molecular formula is C17H16F3N3O2S. The number of alkyl halides is 3. The Kier molecular flexibility index (Phi) is 4.82. The van der Waals surface area contributed by atoms with Gasteiger partial charge in [-0.25, -0.2) is 13.1 Å². The second-order valence-corrected chi connectivity index (χ2v) is 7.87. The first-order valence-corrected chi connectivity index (χ1v) is 9.48. The zero-order valence-electron chi connectivity index (χ0n) is 13.6. The lowest BCUT2D eigenvalue weighted by molar-refractivity contribution is -0.139. The maximum Gasteiger partial charge on any atom is 0.417 e. The Balaban J connectivity index is 2.02. The number of rotatable bonds is 5. The fourth-order valence-corrected chi connectivity index (χ4v) is 4.27. The van der Waals surface area contributed by atoms with Gasteiger partial charge in [-0.2, -0.15) is 18.4 Å². The van der Waals surface area contributed by atoms with Gasteiger partial charge in [-0.15, -0.1) is 0 Å². The van der Waals surface area contributed by atoms with Crippen molar-refractivity contribution in [2.75, 3.05) is 0 Å². The lowest BCUT2D eigenvalue weighted by Crippen LogP contribution is -2.40. The van der Waals surface area contributed by atoms with Gasteiger partial charge in [-0.05, 0) is 42.7 Å². The van der Waals surface area contributed by atoms with E-state index in [4.69, 9.17) is 5.26 Å². The van der Waals surface area contributed by atoms with Gasteiger partial charge in [0.05, 0.1) is 22.9 Å². The highest BCUT2D eigenvalue weighted by atomic mass is 32.2. The molecule has 2 N–H and O–H groups in total. The van der Waals surface area contributed by atoms with Crippen molar-refractivity contribution in [2.24, 2.45) is 0 Å². The zero-order valence-corrected chi connectivity index (χ0v) is 14.4. The third kappa shape index (κ3) is 3.76. The molecule has 1 fully saturated rings. The molecular weight excluding hydrogens is 367 g/mol. The van der Waals surface area contributed by atoms with E-state index in [-0.39, 0.29) is 18.0 Å². The molecule has 3 rings (SSSR count). The van der Waals surface area contributed by atoms with E-state index in [1.54, 1.807) is 12.1 Å². The number of hydrogen-bond donors (Lipinski definition) is 2. The Morgan fingerprint density at radius 2 is 1.96 bits per heavy atom. The number of sulfonamides is 1. The van der Waals surface area contributed by atoms with Crippen LogP contribution in [0.5, 0.6) is 0 Å². The molecule has 0 bridgehead atoms. The van der Waals surface area contributed by atoms with Crippen LogP contribution in [0.4, 0.5) is 13.2 Å². The van der Waals surface area contributed by atoms with Gasteiger partial charge in [0.25, 0.3) is 0 Å². The number of nitrogens with one attached hydrogen (secondary N) is 2. The number of halogens is 3. The van der Waals surface area contributed by atoms with Crippen LogP contribution < -0.4 is 4.72 Å². The molecule has 0 aliphatic heterocycles.